The van der Waals surface area contributed by atoms with Crippen molar-refractivity contribution in [1.29, 1.82) is 0 Å². The van der Waals surface area contributed by atoms with Crippen LogP contribution >= 0.6 is 0 Å². The van der Waals surface area contributed by atoms with Gasteiger partial charge in [0.2, 0.25) is 21.8 Å². The second-order valence-electron chi connectivity index (χ2n) is 19.4. The molecule has 14 nitrogen and oxygen atoms in total. The van der Waals surface area contributed by atoms with Crippen LogP contribution in [0.2, 0.25) is 0 Å². The number of hydrogen-bond donors (Lipinski definition) is 2. The zero-order valence-electron chi connectivity index (χ0n) is 39.3. The molecule has 3 amide bonds. The first kappa shape index (κ1) is 47.6. The maximum atomic E-state index is 14.7. The van der Waals surface area contributed by atoms with Gasteiger partial charge in [-0.25, -0.2) is 13.8 Å². The number of sulfonamides is 1. The number of likely N-dealkylation sites (N-methyl/N-ethyl adjacent to an activating group) is 1. The Balaban J connectivity index is 1.26. The number of aryl methyl sites for hydroxylation is 1. The van der Waals surface area contributed by atoms with Gasteiger partial charge in [-0.05, 0) is 91.0 Å². The largest absolute Gasteiger partial charge is 0.464 e. The molecule has 3 aliphatic heterocycles. The number of amides is 3. The molecular formula is C50H65N7O7S. The molecule has 6 bridgehead atoms. The third-order valence-electron chi connectivity index (χ3n) is 13.1. The van der Waals surface area contributed by atoms with E-state index >= 15 is 0 Å². The molecule has 2 saturated heterocycles. The Morgan fingerprint density at radius 2 is 1.77 bits per heavy atom. The summed E-state index contributed by atoms with van der Waals surface area (Å²) < 4.78 is 35.1. The van der Waals surface area contributed by atoms with E-state index in [0.29, 0.717) is 32.2 Å². The summed E-state index contributed by atoms with van der Waals surface area (Å²) in [6.45, 7) is 14.5. The summed E-state index contributed by atoms with van der Waals surface area (Å²) in [5, 5.41) is 6.66. The van der Waals surface area contributed by atoms with Gasteiger partial charge in [0, 0.05) is 73.6 Å². The smallest absolute Gasteiger partial charge is 0.324 e. The lowest BCUT2D eigenvalue weighted by molar-refractivity contribution is -0.155. The number of cyclic esters (lactones) is 1. The minimum absolute atomic E-state index is 0.0186. The Bertz CT molecular complexity index is 2600. The molecule has 0 saturated carbocycles. The Kier molecular flexibility index (Phi) is 14.1. The van der Waals surface area contributed by atoms with Gasteiger partial charge in [0.25, 0.3) is 5.91 Å². The molecule has 15 heteroatoms. The van der Waals surface area contributed by atoms with E-state index in [0.717, 1.165) is 55.5 Å². The second kappa shape index (κ2) is 19.2. The summed E-state index contributed by atoms with van der Waals surface area (Å²) in [5.74, 6) is -2.51. The number of esters is 1. The van der Waals surface area contributed by atoms with Crippen LogP contribution in [0, 0.1) is 17.3 Å². The lowest BCUT2D eigenvalue weighted by Gasteiger charge is -2.37. The SMILES string of the molecule is C/C=C/S(=O)(=O)N1CC[C@H](C(=O)N(C)[C@H](C(=O)N[C@H]2Cc3cccc(c3)-c3ccc4c(c3)c(c(-c3cccnc3C(C)C)n4C)CC(C)(C)COC(=O)[C@@H]3CCCN(N3)C2=O)C(C)C)C1. The van der Waals surface area contributed by atoms with Crippen molar-refractivity contribution in [3.8, 4) is 22.4 Å². The van der Waals surface area contributed by atoms with Crippen molar-refractivity contribution in [3.05, 3.63) is 89.1 Å². The van der Waals surface area contributed by atoms with Crippen LogP contribution in [0.1, 0.15) is 90.5 Å². The number of nitrogens with zero attached hydrogens (tertiary/aromatic N) is 5. The van der Waals surface area contributed by atoms with E-state index in [4.69, 9.17) is 9.72 Å². The predicted molar refractivity (Wildman–Crippen MR) is 252 cm³/mol. The van der Waals surface area contributed by atoms with Gasteiger partial charge in [0.15, 0.2) is 0 Å². The fourth-order valence-corrected chi connectivity index (χ4v) is 11.1. The highest BCUT2D eigenvalue weighted by Crippen LogP contribution is 2.41. The van der Waals surface area contributed by atoms with Crippen molar-refractivity contribution >= 4 is 44.6 Å². The van der Waals surface area contributed by atoms with Crippen molar-refractivity contribution < 1.29 is 32.3 Å². The average Bonchev–Trinajstić information content (AvgIpc) is 3.88. The van der Waals surface area contributed by atoms with Gasteiger partial charge in [-0.3, -0.25) is 29.2 Å². The lowest BCUT2D eigenvalue weighted by atomic mass is 9.84. The summed E-state index contributed by atoms with van der Waals surface area (Å²) in [7, 11) is -0.0109. The molecule has 4 aromatic rings. The van der Waals surface area contributed by atoms with E-state index < -0.39 is 57.3 Å². The van der Waals surface area contributed by atoms with Crippen molar-refractivity contribution in [2.75, 3.05) is 33.3 Å². The zero-order valence-corrected chi connectivity index (χ0v) is 40.1. The van der Waals surface area contributed by atoms with Crippen LogP contribution in [0.3, 0.4) is 0 Å². The number of rotatable bonds is 9. The standard InChI is InChI=1S/C50H65N7O7S/c1-10-24-65(62,63)56-23-20-36(29-56)47(59)55(9)44(32(4)5)46(58)52-41-26-33-14-11-15-34(25-33)35-18-19-42-38(27-35)39(45(54(42)8)37-16-12-21-51-43(37)31(2)3)28-50(6,7)30-64-49(61)40-17-13-22-57(53-40)48(41)60/h10-12,14-16,18-19,21,24-25,27,31-32,36,40-41,44,53H,13,17,20,22-23,26,28-30H2,1-9H3,(H,52,58)/b24-10+/t36-,40-,41-,44-/m0/s1. The number of pyridine rings is 1. The van der Waals surface area contributed by atoms with Crippen LogP contribution in [0.25, 0.3) is 33.3 Å². The summed E-state index contributed by atoms with van der Waals surface area (Å²) in [4.78, 5) is 63.2. The third kappa shape index (κ3) is 10.1. The molecule has 4 atom stereocenters. The van der Waals surface area contributed by atoms with Crippen molar-refractivity contribution in [1.82, 2.24) is 34.5 Å². The van der Waals surface area contributed by atoms with Crippen molar-refractivity contribution in [3.63, 3.8) is 0 Å². The number of allylic oxidation sites excluding steroid dienone is 1. The Hall–Kier alpha value is -5.38. The number of aromatic nitrogens is 2. The van der Waals surface area contributed by atoms with E-state index in [-0.39, 0.29) is 43.9 Å². The molecule has 0 spiro atoms. The number of ether oxygens (including phenoxy) is 1. The molecule has 0 aliphatic carbocycles. The van der Waals surface area contributed by atoms with E-state index in [1.807, 2.05) is 44.3 Å². The maximum Gasteiger partial charge on any atom is 0.324 e. The number of carbonyl (C=O) groups excluding carboxylic acids is 4. The Morgan fingerprint density at radius 1 is 1.02 bits per heavy atom. The minimum Gasteiger partial charge on any atom is -0.464 e. The van der Waals surface area contributed by atoms with Gasteiger partial charge in [-0.2, -0.15) is 4.31 Å². The molecule has 2 aromatic heterocycles. The predicted octanol–water partition coefficient (Wildman–Crippen LogP) is 6.35. The highest BCUT2D eigenvalue weighted by molar-refractivity contribution is 7.92. The van der Waals surface area contributed by atoms with Gasteiger partial charge in [0.1, 0.15) is 18.1 Å². The second-order valence-corrected chi connectivity index (χ2v) is 21.3. The number of carbonyl (C=O) groups is 4. The first-order chi connectivity index (χ1) is 30.8. The van der Waals surface area contributed by atoms with Crippen molar-refractivity contribution in [2.24, 2.45) is 24.3 Å². The molecule has 3 aliphatic rings. The van der Waals surface area contributed by atoms with Gasteiger partial charge >= 0.3 is 5.97 Å². The molecule has 0 radical (unpaired) electrons. The highest BCUT2D eigenvalue weighted by Gasteiger charge is 2.41. The van der Waals surface area contributed by atoms with Gasteiger partial charge < -0.3 is 19.5 Å². The van der Waals surface area contributed by atoms with Gasteiger partial charge in [0.05, 0.1) is 23.9 Å². The lowest BCUT2D eigenvalue weighted by Crippen LogP contribution is -2.62. The summed E-state index contributed by atoms with van der Waals surface area (Å²) in [5.41, 5.74) is 10.7. The van der Waals surface area contributed by atoms with Crippen LogP contribution in [0.5, 0.6) is 0 Å². The fraction of sp³-hybridized carbons (Fsp3) is 0.500. The molecule has 2 N–H and O–H groups in total. The van der Waals surface area contributed by atoms with Crippen LogP contribution in [0.15, 0.2) is 72.3 Å². The third-order valence-corrected chi connectivity index (χ3v) is 14.8. The first-order valence-electron chi connectivity index (χ1n) is 22.9. The summed E-state index contributed by atoms with van der Waals surface area (Å²) in [6, 6.07) is 15.7. The number of nitrogens with one attached hydrogen (secondary N) is 2. The monoisotopic (exact) mass is 907 g/mol. The fourth-order valence-electron chi connectivity index (χ4n) is 9.84. The van der Waals surface area contributed by atoms with Crippen LogP contribution in [-0.2, 0) is 53.8 Å². The molecule has 5 heterocycles. The van der Waals surface area contributed by atoms with E-state index in [1.165, 1.54) is 20.3 Å². The Labute approximate surface area is 383 Å². The Morgan fingerprint density at radius 3 is 2.49 bits per heavy atom. The molecule has 348 valence electrons. The number of benzene rings is 2. The van der Waals surface area contributed by atoms with Crippen LogP contribution < -0.4 is 10.7 Å². The molecule has 2 aromatic carbocycles. The van der Waals surface area contributed by atoms with Gasteiger partial charge in [-0.1, -0.05) is 78.0 Å². The zero-order chi connectivity index (χ0) is 47.0. The summed E-state index contributed by atoms with van der Waals surface area (Å²) >= 11 is 0. The molecule has 65 heavy (non-hydrogen) atoms. The molecular weight excluding hydrogens is 843 g/mol. The van der Waals surface area contributed by atoms with Crippen LogP contribution in [0.4, 0.5) is 0 Å². The quantitative estimate of drug-likeness (QED) is 0.182. The average molecular weight is 908 g/mol. The molecule has 2 fully saturated rings. The first-order valence-corrected chi connectivity index (χ1v) is 24.4. The number of fused-ring (bicyclic) bond motifs is 6. The van der Waals surface area contributed by atoms with E-state index in [1.54, 1.807) is 14.0 Å². The van der Waals surface area contributed by atoms with E-state index in [9.17, 15) is 27.6 Å². The molecule has 0 unspecified atom stereocenters. The minimum atomic E-state index is -3.66. The van der Waals surface area contributed by atoms with Crippen molar-refractivity contribution in [2.45, 2.75) is 105 Å². The van der Waals surface area contributed by atoms with Crippen LogP contribution in [-0.4, -0.2) is 107 Å². The van der Waals surface area contributed by atoms with Gasteiger partial charge in [-0.15, -0.1) is 0 Å². The topological polar surface area (TPSA) is 163 Å². The van der Waals surface area contributed by atoms with E-state index in [2.05, 4.69) is 80.4 Å². The normalized spacial score (nSPS) is 21.5. The maximum absolute atomic E-state index is 14.7. The molecule has 7 rings (SSSR count). The highest BCUT2D eigenvalue weighted by atomic mass is 32.2. The summed E-state index contributed by atoms with van der Waals surface area (Å²) in [6.07, 6.45) is 5.37. The number of hydrazine groups is 1. The number of hydrogen-bond acceptors (Lipinski definition) is 9.